The van der Waals surface area contributed by atoms with Crippen LogP contribution in [0.4, 0.5) is 8.78 Å². The molecule has 0 radical (unpaired) electrons. The molecule has 8 heteroatoms. The monoisotopic (exact) mass is 421 g/mol. The Balaban J connectivity index is 1.82. The van der Waals surface area contributed by atoms with Gasteiger partial charge in [-0.3, -0.25) is 0 Å². The molecule has 3 rings (SSSR count). The molecule has 0 bridgehead atoms. The van der Waals surface area contributed by atoms with Gasteiger partial charge in [0.2, 0.25) is 0 Å². The fraction of sp³-hybridized carbons (Fsp3) is 0.286. The predicted molar refractivity (Wildman–Crippen MR) is 108 cm³/mol. The fourth-order valence-electron chi connectivity index (χ4n) is 3.25. The molecule has 5 nitrogen and oxygen atoms in total. The molecule has 1 N–H and O–H groups in total. The Morgan fingerprint density at radius 1 is 1.17 bits per heavy atom. The number of methoxy groups -OCH3 is 2. The molecule has 0 fully saturated rings. The first-order chi connectivity index (χ1) is 13.8. The van der Waals surface area contributed by atoms with Gasteiger partial charge in [-0.1, -0.05) is 11.6 Å². The lowest BCUT2D eigenvalue weighted by Gasteiger charge is -2.17. The highest BCUT2D eigenvalue weighted by molar-refractivity contribution is 6.30. The molecule has 0 amide bonds. The van der Waals surface area contributed by atoms with Crippen LogP contribution in [-0.2, 0) is 6.54 Å². The second kappa shape index (κ2) is 8.80. The van der Waals surface area contributed by atoms with Gasteiger partial charge in [-0.25, -0.2) is 13.5 Å². The second-order valence-electron chi connectivity index (χ2n) is 6.60. The molecule has 0 saturated heterocycles. The molecule has 3 aromatic rings. The van der Waals surface area contributed by atoms with Crippen molar-refractivity contribution in [2.75, 3.05) is 14.2 Å². The number of nitrogens with zero attached hydrogens (tertiary/aromatic N) is 2. The lowest BCUT2D eigenvalue weighted by molar-refractivity contribution is 0.350. The number of rotatable bonds is 7. The van der Waals surface area contributed by atoms with Crippen LogP contribution in [0.25, 0.3) is 5.69 Å². The molecular formula is C21H22ClF2N3O2. The zero-order chi connectivity index (χ0) is 21.1. The van der Waals surface area contributed by atoms with Gasteiger partial charge in [-0.2, -0.15) is 5.10 Å². The summed E-state index contributed by atoms with van der Waals surface area (Å²) in [5.74, 6) is -0.131. The quantitative estimate of drug-likeness (QED) is 0.584. The summed E-state index contributed by atoms with van der Waals surface area (Å²) in [6.07, 6.45) is 1.67. The maximum absolute atomic E-state index is 14.1. The van der Waals surface area contributed by atoms with E-state index in [1.807, 2.05) is 19.9 Å². The molecule has 1 atom stereocenters. The van der Waals surface area contributed by atoms with Gasteiger partial charge >= 0.3 is 0 Å². The molecule has 1 aromatic heterocycles. The molecule has 29 heavy (non-hydrogen) atoms. The smallest absolute Gasteiger partial charge is 0.165 e. The van der Waals surface area contributed by atoms with Crippen molar-refractivity contribution in [3.8, 4) is 17.2 Å². The second-order valence-corrected chi connectivity index (χ2v) is 7.03. The number of aromatic nitrogens is 2. The summed E-state index contributed by atoms with van der Waals surface area (Å²) in [7, 11) is 3.13. The van der Waals surface area contributed by atoms with Crippen molar-refractivity contribution in [3.05, 3.63) is 70.0 Å². The summed E-state index contributed by atoms with van der Waals surface area (Å²) in [5.41, 5.74) is 2.69. The van der Waals surface area contributed by atoms with Gasteiger partial charge in [0.05, 0.1) is 20.4 Å². The van der Waals surface area contributed by atoms with E-state index in [-0.39, 0.29) is 11.7 Å². The third-order valence-electron chi connectivity index (χ3n) is 4.77. The lowest BCUT2D eigenvalue weighted by Crippen LogP contribution is -2.19. The van der Waals surface area contributed by atoms with E-state index >= 15 is 0 Å². The Morgan fingerprint density at radius 2 is 1.93 bits per heavy atom. The first-order valence-electron chi connectivity index (χ1n) is 8.99. The van der Waals surface area contributed by atoms with Crippen LogP contribution in [0.15, 0.2) is 36.5 Å². The Bertz CT molecular complexity index is 1020. The summed E-state index contributed by atoms with van der Waals surface area (Å²) in [6.45, 7) is 4.28. The van der Waals surface area contributed by atoms with Crippen molar-refractivity contribution in [1.82, 2.24) is 15.1 Å². The average Bonchev–Trinajstić information content (AvgIpc) is 3.06. The summed E-state index contributed by atoms with van der Waals surface area (Å²) in [6, 6.07) is 6.83. The summed E-state index contributed by atoms with van der Waals surface area (Å²) >= 11 is 6.17. The lowest BCUT2D eigenvalue weighted by atomic mass is 10.1. The Kier molecular flexibility index (Phi) is 6.39. The van der Waals surface area contributed by atoms with Crippen LogP contribution >= 0.6 is 11.6 Å². The minimum absolute atomic E-state index is 0.0954. The van der Waals surface area contributed by atoms with Crippen molar-refractivity contribution in [2.45, 2.75) is 26.4 Å². The van der Waals surface area contributed by atoms with Crippen LogP contribution < -0.4 is 14.8 Å². The molecule has 154 valence electrons. The normalized spacial score (nSPS) is 12.1. The van der Waals surface area contributed by atoms with Crippen LogP contribution in [0, 0.1) is 18.6 Å². The molecule has 1 heterocycles. The van der Waals surface area contributed by atoms with E-state index in [9.17, 15) is 8.78 Å². The molecule has 0 unspecified atom stereocenters. The third kappa shape index (κ3) is 4.36. The van der Waals surface area contributed by atoms with Gasteiger partial charge in [-0.05, 0) is 32.0 Å². The van der Waals surface area contributed by atoms with Gasteiger partial charge in [0.1, 0.15) is 11.5 Å². The number of hydrogen-bond acceptors (Lipinski definition) is 4. The van der Waals surface area contributed by atoms with E-state index < -0.39 is 11.6 Å². The van der Waals surface area contributed by atoms with Crippen LogP contribution in [0.3, 0.4) is 0 Å². The van der Waals surface area contributed by atoms with E-state index in [1.54, 1.807) is 26.5 Å². The number of halogens is 3. The van der Waals surface area contributed by atoms with Crippen molar-refractivity contribution in [1.29, 1.82) is 0 Å². The van der Waals surface area contributed by atoms with E-state index in [2.05, 4.69) is 10.4 Å². The van der Waals surface area contributed by atoms with Crippen LogP contribution in [0.5, 0.6) is 11.5 Å². The minimum atomic E-state index is -0.667. The molecule has 0 saturated carbocycles. The molecule has 0 spiro atoms. The van der Waals surface area contributed by atoms with Gasteiger partial charge in [-0.15, -0.1) is 0 Å². The van der Waals surface area contributed by atoms with Gasteiger partial charge in [0.25, 0.3) is 0 Å². The van der Waals surface area contributed by atoms with E-state index in [4.69, 9.17) is 21.1 Å². The summed E-state index contributed by atoms with van der Waals surface area (Å²) in [5, 5.41) is 8.22. The SMILES string of the molecule is COc1cc(Cl)cc(CN[C@@H](C)c2cnn(-c3ccc(F)cc3F)c2C)c1OC. The predicted octanol–water partition coefficient (Wildman–Crippen LogP) is 4.98. The highest BCUT2D eigenvalue weighted by Gasteiger charge is 2.18. The first-order valence-corrected chi connectivity index (χ1v) is 9.37. The highest BCUT2D eigenvalue weighted by Crippen LogP contribution is 2.34. The first kappa shape index (κ1) is 21.1. The highest BCUT2D eigenvalue weighted by atomic mass is 35.5. The zero-order valence-corrected chi connectivity index (χ0v) is 17.3. The maximum Gasteiger partial charge on any atom is 0.165 e. The van der Waals surface area contributed by atoms with Crippen LogP contribution in [-0.4, -0.2) is 24.0 Å². The minimum Gasteiger partial charge on any atom is -0.493 e. The van der Waals surface area contributed by atoms with E-state index in [0.29, 0.717) is 23.1 Å². The molecule has 0 aliphatic rings. The fourth-order valence-corrected chi connectivity index (χ4v) is 3.48. The van der Waals surface area contributed by atoms with Crippen LogP contribution in [0.1, 0.15) is 29.8 Å². The van der Waals surface area contributed by atoms with E-state index in [0.717, 1.165) is 22.9 Å². The van der Waals surface area contributed by atoms with Crippen molar-refractivity contribution in [2.24, 2.45) is 0 Å². The van der Waals surface area contributed by atoms with Crippen molar-refractivity contribution < 1.29 is 18.3 Å². The Labute approximate surface area is 173 Å². The average molecular weight is 422 g/mol. The number of nitrogens with one attached hydrogen (secondary N) is 1. The standard InChI is InChI=1S/C21H22ClF2N3O2/c1-12(25-10-14-7-15(22)8-20(28-3)21(14)29-4)17-11-26-27(13(17)2)19-6-5-16(23)9-18(19)24/h5-9,11-12,25H,10H2,1-4H3/t12-/m0/s1. The van der Waals surface area contributed by atoms with Crippen molar-refractivity contribution >= 4 is 11.6 Å². The summed E-state index contributed by atoms with van der Waals surface area (Å²) < 4.78 is 39.6. The molecule has 0 aliphatic heterocycles. The van der Waals surface area contributed by atoms with Crippen LogP contribution in [0.2, 0.25) is 5.02 Å². The number of benzene rings is 2. The maximum atomic E-state index is 14.1. The Morgan fingerprint density at radius 3 is 2.59 bits per heavy atom. The molecule has 0 aliphatic carbocycles. The Hall–Kier alpha value is -2.64. The summed E-state index contributed by atoms with van der Waals surface area (Å²) in [4.78, 5) is 0. The van der Waals surface area contributed by atoms with Gasteiger partial charge in [0, 0.05) is 46.6 Å². The van der Waals surface area contributed by atoms with Gasteiger partial charge < -0.3 is 14.8 Å². The largest absolute Gasteiger partial charge is 0.493 e. The zero-order valence-electron chi connectivity index (χ0n) is 16.6. The topological polar surface area (TPSA) is 48.3 Å². The van der Waals surface area contributed by atoms with Crippen molar-refractivity contribution in [3.63, 3.8) is 0 Å². The number of hydrogen-bond donors (Lipinski definition) is 1. The van der Waals surface area contributed by atoms with E-state index in [1.165, 1.54) is 16.8 Å². The number of ether oxygens (including phenoxy) is 2. The molecule has 2 aromatic carbocycles. The third-order valence-corrected chi connectivity index (χ3v) is 4.99. The van der Waals surface area contributed by atoms with Gasteiger partial charge in [0.15, 0.2) is 17.3 Å². The molecular weight excluding hydrogens is 400 g/mol.